The molecular weight excluding hydrogens is 358 g/mol. The van der Waals surface area contributed by atoms with E-state index in [1.807, 2.05) is 36.1 Å². The molecule has 1 unspecified atom stereocenters. The molecule has 1 amide bonds. The predicted octanol–water partition coefficient (Wildman–Crippen LogP) is 4.04. The van der Waals surface area contributed by atoms with Gasteiger partial charge < -0.3 is 14.5 Å². The average molecular weight is 383 g/mol. The summed E-state index contributed by atoms with van der Waals surface area (Å²) in [5.41, 5.74) is 1.74. The number of benzene rings is 2. The van der Waals surface area contributed by atoms with Crippen molar-refractivity contribution in [3.05, 3.63) is 63.7 Å². The molecule has 0 radical (unpaired) electrons. The molecule has 1 aliphatic rings. The Labute approximate surface area is 164 Å². The van der Waals surface area contributed by atoms with Crippen LogP contribution in [0.4, 0.5) is 11.4 Å². The van der Waals surface area contributed by atoms with Crippen molar-refractivity contribution in [1.29, 1.82) is 0 Å². The number of carbonyl (C=O) groups is 1. The van der Waals surface area contributed by atoms with Crippen LogP contribution in [0.1, 0.15) is 41.7 Å². The highest BCUT2D eigenvalue weighted by Crippen LogP contribution is 2.33. The minimum atomic E-state index is -0.409. The highest BCUT2D eigenvalue weighted by molar-refractivity contribution is 5.96. The minimum absolute atomic E-state index is 0.0221. The summed E-state index contributed by atoms with van der Waals surface area (Å²) in [6.45, 7) is 3.51. The molecule has 148 valence electrons. The Morgan fingerprint density at radius 1 is 1.21 bits per heavy atom. The molecule has 0 N–H and O–H groups in total. The van der Waals surface area contributed by atoms with Gasteiger partial charge in [-0.1, -0.05) is 18.2 Å². The lowest BCUT2D eigenvalue weighted by atomic mass is 10.0. The molecule has 0 aromatic heterocycles. The average Bonchev–Trinajstić information content (AvgIpc) is 3.26. The third-order valence-electron chi connectivity index (χ3n) is 5.36. The van der Waals surface area contributed by atoms with E-state index in [0.717, 1.165) is 31.5 Å². The molecular formula is C21H25N3O4. The fourth-order valence-corrected chi connectivity index (χ4v) is 3.63. The van der Waals surface area contributed by atoms with Crippen molar-refractivity contribution < 1.29 is 14.5 Å². The summed E-state index contributed by atoms with van der Waals surface area (Å²) in [4.78, 5) is 27.8. The van der Waals surface area contributed by atoms with Crippen molar-refractivity contribution in [2.24, 2.45) is 0 Å². The lowest BCUT2D eigenvalue weighted by Gasteiger charge is -2.27. The summed E-state index contributed by atoms with van der Waals surface area (Å²) in [6.07, 6.45) is 2.05. The summed E-state index contributed by atoms with van der Waals surface area (Å²) < 4.78 is 5.39. The molecule has 0 saturated carbocycles. The predicted molar refractivity (Wildman–Crippen MR) is 108 cm³/mol. The number of hydrogen-bond acceptors (Lipinski definition) is 5. The number of nitro benzene ring substituents is 1. The lowest BCUT2D eigenvalue weighted by Crippen LogP contribution is -2.30. The standard InChI is InChI=1S/C21H25N3O4/c1-15(17-8-4-5-9-20(17)28-3)22(2)21(25)16-10-11-18(19(14-16)24(26)27)23-12-6-7-13-23/h4-5,8-11,14-15H,6-7,12-13H2,1-3H3. The molecule has 0 bridgehead atoms. The summed E-state index contributed by atoms with van der Waals surface area (Å²) in [5, 5.41) is 11.6. The zero-order valence-electron chi connectivity index (χ0n) is 16.4. The highest BCUT2D eigenvalue weighted by atomic mass is 16.6. The number of para-hydroxylation sites is 1. The van der Waals surface area contributed by atoms with Gasteiger partial charge in [-0.25, -0.2) is 0 Å². The van der Waals surface area contributed by atoms with Crippen LogP contribution in [0, 0.1) is 10.1 Å². The molecule has 3 rings (SSSR count). The summed E-state index contributed by atoms with van der Waals surface area (Å²) >= 11 is 0. The van der Waals surface area contributed by atoms with Gasteiger partial charge >= 0.3 is 0 Å². The van der Waals surface area contributed by atoms with Crippen LogP contribution in [0.15, 0.2) is 42.5 Å². The van der Waals surface area contributed by atoms with E-state index in [1.165, 1.54) is 6.07 Å². The molecule has 0 aliphatic carbocycles. The van der Waals surface area contributed by atoms with Gasteiger partial charge in [0.15, 0.2) is 0 Å². The number of nitro groups is 1. The number of nitrogens with zero attached hydrogens (tertiary/aromatic N) is 3. The number of rotatable bonds is 6. The van der Waals surface area contributed by atoms with Crippen LogP contribution in [-0.4, -0.2) is 43.0 Å². The van der Waals surface area contributed by atoms with Crippen LogP contribution < -0.4 is 9.64 Å². The van der Waals surface area contributed by atoms with Gasteiger partial charge in [-0.3, -0.25) is 14.9 Å². The van der Waals surface area contributed by atoms with E-state index >= 15 is 0 Å². The molecule has 1 atom stereocenters. The first-order valence-electron chi connectivity index (χ1n) is 9.37. The summed E-state index contributed by atoms with van der Waals surface area (Å²) in [7, 11) is 3.29. The molecule has 0 spiro atoms. The van der Waals surface area contributed by atoms with Gasteiger partial charge in [0, 0.05) is 37.3 Å². The number of ether oxygens (including phenoxy) is 1. The maximum absolute atomic E-state index is 13.0. The van der Waals surface area contributed by atoms with Crippen molar-refractivity contribution in [2.45, 2.75) is 25.8 Å². The van der Waals surface area contributed by atoms with Crippen LogP contribution in [-0.2, 0) is 0 Å². The van der Waals surface area contributed by atoms with Crippen LogP contribution in [0.3, 0.4) is 0 Å². The molecule has 1 heterocycles. The molecule has 2 aromatic rings. The SMILES string of the molecule is COc1ccccc1C(C)N(C)C(=O)c1ccc(N2CCCC2)c([N+](=O)[O-])c1. The van der Waals surface area contributed by atoms with E-state index in [0.29, 0.717) is 17.0 Å². The van der Waals surface area contributed by atoms with E-state index in [2.05, 4.69) is 0 Å². The normalized spacial score (nSPS) is 14.6. The van der Waals surface area contributed by atoms with Crippen LogP contribution in [0.5, 0.6) is 5.75 Å². The fraction of sp³-hybridized carbons (Fsp3) is 0.381. The molecule has 7 heteroatoms. The first-order chi connectivity index (χ1) is 13.4. The molecule has 2 aromatic carbocycles. The van der Waals surface area contributed by atoms with Crippen LogP contribution in [0.2, 0.25) is 0 Å². The third-order valence-corrected chi connectivity index (χ3v) is 5.36. The van der Waals surface area contributed by atoms with Gasteiger partial charge in [0.1, 0.15) is 11.4 Å². The fourth-order valence-electron chi connectivity index (χ4n) is 3.63. The van der Waals surface area contributed by atoms with Gasteiger partial charge in [0.05, 0.1) is 18.1 Å². The summed E-state index contributed by atoms with van der Waals surface area (Å²) in [6, 6.07) is 12.0. The van der Waals surface area contributed by atoms with Crippen molar-refractivity contribution >= 4 is 17.3 Å². The van der Waals surface area contributed by atoms with Crippen LogP contribution in [0.25, 0.3) is 0 Å². The molecule has 7 nitrogen and oxygen atoms in total. The van der Waals surface area contributed by atoms with Gasteiger partial charge in [0.25, 0.3) is 11.6 Å². The number of hydrogen-bond donors (Lipinski definition) is 0. The van der Waals surface area contributed by atoms with Gasteiger partial charge in [0.2, 0.25) is 0 Å². The smallest absolute Gasteiger partial charge is 0.293 e. The van der Waals surface area contributed by atoms with Crippen molar-refractivity contribution in [3.63, 3.8) is 0 Å². The second-order valence-electron chi connectivity index (χ2n) is 6.99. The quantitative estimate of drug-likeness (QED) is 0.556. The Bertz CT molecular complexity index is 878. The van der Waals surface area contributed by atoms with E-state index in [-0.39, 0.29) is 17.6 Å². The number of carbonyl (C=O) groups excluding carboxylic acids is 1. The van der Waals surface area contributed by atoms with Crippen molar-refractivity contribution in [2.75, 3.05) is 32.1 Å². The van der Waals surface area contributed by atoms with Crippen LogP contribution >= 0.6 is 0 Å². The molecule has 28 heavy (non-hydrogen) atoms. The van der Waals surface area contributed by atoms with Gasteiger partial charge in [-0.2, -0.15) is 0 Å². The molecule has 1 fully saturated rings. The maximum atomic E-state index is 13.0. The lowest BCUT2D eigenvalue weighted by molar-refractivity contribution is -0.384. The molecule has 1 saturated heterocycles. The highest BCUT2D eigenvalue weighted by Gasteiger charge is 2.26. The Morgan fingerprint density at radius 3 is 2.54 bits per heavy atom. The summed E-state index contributed by atoms with van der Waals surface area (Å²) in [5.74, 6) is 0.430. The molecule has 1 aliphatic heterocycles. The minimum Gasteiger partial charge on any atom is -0.496 e. The maximum Gasteiger partial charge on any atom is 0.293 e. The van der Waals surface area contributed by atoms with E-state index in [4.69, 9.17) is 4.74 Å². The number of methoxy groups -OCH3 is 1. The largest absolute Gasteiger partial charge is 0.496 e. The van der Waals surface area contributed by atoms with Crippen molar-refractivity contribution in [3.8, 4) is 5.75 Å². The van der Waals surface area contributed by atoms with E-state index in [1.54, 1.807) is 31.2 Å². The van der Waals surface area contributed by atoms with Crippen molar-refractivity contribution in [1.82, 2.24) is 4.90 Å². The Hall–Kier alpha value is -3.09. The van der Waals surface area contributed by atoms with E-state index < -0.39 is 4.92 Å². The monoisotopic (exact) mass is 383 g/mol. The van der Waals surface area contributed by atoms with Gasteiger partial charge in [-0.15, -0.1) is 0 Å². The Morgan fingerprint density at radius 2 is 1.89 bits per heavy atom. The number of amides is 1. The second kappa shape index (κ2) is 8.29. The Kier molecular flexibility index (Phi) is 5.82. The second-order valence-corrected chi connectivity index (χ2v) is 6.99. The zero-order valence-corrected chi connectivity index (χ0v) is 16.4. The van der Waals surface area contributed by atoms with Gasteiger partial charge in [-0.05, 0) is 38.0 Å². The Balaban J connectivity index is 1.88. The first-order valence-corrected chi connectivity index (χ1v) is 9.37. The topological polar surface area (TPSA) is 75.9 Å². The van der Waals surface area contributed by atoms with E-state index in [9.17, 15) is 14.9 Å². The third kappa shape index (κ3) is 3.78. The number of anilines is 1. The first kappa shape index (κ1) is 19.7. The zero-order chi connectivity index (χ0) is 20.3.